The maximum Gasteiger partial charge on any atom is 0.355 e. The predicted molar refractivity (Wildman–Crippen MR) is 99.3 cm³/mol. The smallest absolute Gasteiger partial charge is 0.355 e. The summed E-state index contributed by atoms with van der Waals surface area (Å²) in [6.07, 6.45) is 2.87. The second-order valence-electron chi connectivity index (χ2n) is 7.35. The minimum absolute atomic E-state index is 0.0381. The van der Waals surface area contributed by atoms with E-state index in [2.05, 4.69) is 4.98 Å². The number of rotatable bonds is 7. The minimum Gasteiger partial charge on any atom is -0.461 e. The number of H-pyrrole nitrogens is 1. The Balaban J connectivity index is 2.31. The number of ketones is 1. The molecule has 0 radical (unpaired) electrons. The van der Waals surface area contributed by atoms with Crippen LogP contribution in [0.2, 0.25) is 0 Å². The number of Topliss-reactive ketones (excluding diaryl/α,β-unsaturated/α-hetero) is 1. The van der Waals surface area contributed by atoms with E-state index in [0.717, 1.165) is 19.3 Å². The highest BCUT2D eigenvalue weighted by Gasteiger charge is 2.37. The molecule has 6 nitrogen and oxygen atoms in total. The molecule has 1 atom stereocenters. The van der Waals surface area contributed by atoms with Gasteiger partial charge in [0.15, 0.2) is 5.78 Å². The second kappa shape index (κ2) is 8.06. The molecule has 1 amide bonds. The minimum atomic E-state index is -0.577. The highest BCUT2D eigenvalue weighted by atomic mass is 16.5. The van der Waals surface area contributed by atoms with E-state index in [9.17, 15) is 14.4 Å². The lowest BCUT2D eigenvalue weighted by molar-refractivity contribution is -0.141. The van der Waals surface area contributed by atoms with Gasteiger partial charge in [-0.25, -0.2) is 4.79 Å². The third-order valence-electron chi connectivity index (χ3n) is 5.23. The molecule has 1 aliphatic rings. The normalized spacial score (nSPS) is 15.5. The van der Waals surface area contributed by atoms with Crippen LogP contribution in [0.25, 0.3) is 0 Å². The first-order chi connectivity index (χ1) is 12.2. The summed E-state index contributed by atoms with van der Waals surface area (Å²) >= 11 is 0. The molecular formula is C20H30N2O4. The fourth-order valence-corrected chi connectivity index (χ4v) is 3.62. The second-order valence-corrected chi connectivity index (χ2v) is 7.35. The topological polar surface area (TPSA) is 79.5 Å². The van der Waals surface area contributed by atoms with Gasteiger partial charge in [-0.05, 0) is 59.9 Å². The van der Waals surface area contributed by atoms with Crippen LogP contribution in [0.15, 0.2) is 0 Å². The van der Waals surface area contributed by atoms with Crippen LogP contribution in [0.1, 0.15) is 79.1 Å². The van der Waals surface area contributed by atoms with Crippen molar-refractivity contribution >= 4 is 17.7 Å². The number of hydrogen-bond donors (Lipinski definition) is 1. The lowest BCUT2D eigenvalue weighted by Crippen LogP contribution is -2.50. The summed E-state index contributed by atoms with van der Waals surface area (Å²) in [5.74, 6) is -0.515. The maximum absolute atomic E-state index is 13.2. The Morgan fingerprint density at radius 2 is 1.81 bits per heavy atom. The summed E-state index contributed by atoms with van der Waals surface area (Å²) in [5, 5.41) is 0. The van der Waals surface area contributed by atoms with E-state index in [1.807, 2.05) is 13.8 Å². The summed E-state index contributed by atoms with van der Waals surface area (Å²) in [5.41, 5.74) is 1.99. The average molecular weight is 362 g/mol. The fraction of sp³-hybridized carbons (Fsp3) is 0.650. The number of ether oxygens (including phenoxy) is 1. The molecule has 1 saturated carbocycles. The Morgan fingerprint density at radius 3 is 2.27 bits per heavy atom. The van der Waals surface area contributed by atoms with Crippen molar-refractivity contribution < 1.29 is 19.1 Å². The zero-order valence-corrected chi connectivity index (χ0v) is 16.6. The van der Waals surface area contributed by atoms with E-state index < -0.39 is 12.0 Å². The summed E-state index contributed by atoms with van der Waals surface area (Å²) < 4.78 is 5.05. The number of hydrogen-bond acceptors (Lipinski definition) is 4. The van der Waals surface area contributed by atoms with Crippen LogP contribution in [0.3, 0.4) is 0 Å². The van der Waals surface area contributed by atoms with Gasteiger partial charge in [0, 0.05) is 23.2 Å². The Labute approximate surface area is 155 Å². The van der Waals surface area contributed by atoms with Crippen LogP contribution in [-0.2, 0) is 9.53 Å². The van der Waals surface area contributed by atoms with Crippen LogP contribution in [-0.4, -0.2) is 46.2 Å². The highest BCUT2D eigenvalue weighted by Crippen LogP contribution is 2.31. The quantitative estimate of drug-likeness (QED) is 0.595. The number of carbonyl (C=O) groups is 3. The first kappa shape index (κ1) is 20.2. The predicted octanol–water partition coefficient (Wildman–Crippen LogP) is 3.42. The van der Waals surface area contributed by atoms with E-state index in [1.54, 1.807) is 32.6 Å². The number of esters is 1. The van der Waals surface area contributed by atoms with E-state index >= 15 is 0 Å². The van der Waals surface area contributed by atoms with Crippen molar-refractivity contribution in [1.82, 2.24) is 9.88 Å². The molecule has 0 bridgehead atoms. The van der Waals surface area contributed by atoms with Crippen molar-refractivity contribution in [2.24, 2.45) is 5.92 Å². The Morgan fingerprint density at radius 1 is 1.19 bits per heavy atom. The first-order valence-electron chi connectivity index (χ1n) is 9.43. The molecule has 1 aliphatic carbocycles. The van der Waals surface area contributed by atoms with Gasteiger partial charge in [0.05, 0.1) is 12.6 Å². The summed E-state index contributed by atoms with van der Waals surface area (Å²) in [6, 6.07) is -0.641. The molecule has 1 N–H and O–H groups in total. The van der Waals surface area contributed by atoms with Crippen LogP contribution in [0.4, 0.5) is 0 Å². The first-order valence-corrected chi connectivity index (χ1v) is 9.43. The van der Waals surface area contributed by atoms with Gasteiger partial charge in [-0.2, -0.15) is 0 Å². The molecule has 2 rings (SSSR count). The molecule has 1 aromatic rings. The highest BCUT2D eigenvalue weighted by molar-refractivity contribution is 6.06. The van der Waals surface area contributed by atoms with Crippen molar-refractivity contribution in [3.05, 3.63) is 22.5 Å². The lowest BCUT2D eigenvalue weighted by Gasteiger charge is -2.37. The molecule has 0 spiro atoms. The van der Waals surface area contributed by atoms with E-state index in [1.165, 1.54) is 0 Å². The molecule has 1 aromatic heterocycles. The van der Waals surface area contributed by atoms with Crippen LogP contribution in [0.5, 0.6) is 0 Å². The van der Waals surface area contributed by atoms with Crippen molar-refractivity contribution in [2.45, 2.75) is 72.9 Å². The molecule has 6 heteroatoms. The van der Waals surface area contributed by atoms with Crippen LogP contribution in [0, 0.1) is 19.8 Å². The number of nitrogens with zero attached hydrogens (tertiary/aromatic N) is 1. The van der Waals surface area contributed by atoms with E-state index in [4.69, 9.17) is 4.74 Å². The molecule has 1 unspecified atom stereocenters. The average Bonchev–Trinajstić information content (AvgIpc) is 2.79. The zero-order valence-electron chi connectivity index (χ0n) is 16.6. The van der Waals surface area contributed by atoms with Gasteiger partial charge in [0.25, 0.3) is 0 Å². The Hall–Kier alpha value is -2.11. The number of carbonyl (C=O) groups excluding carboxylic acids is 3. The van der Waals surface area contributed by atoms with Crippen molar-refractivity contribution in [1.29, 1.82) is 0 Å². The molecule has 0 aliphatic heterocycles. The van der Waals surface area contributed by atoms with E-state index in [-0.39, 0.29) is 30.3 Å². The van der Waals surface area contributed by atoms with Gasteiger partial charge >= 0.3 is 5.97 Å². The van der Waals surface area contributed by atoms with Crippen molar-refractivity contribution in [3.63, 3.8) is 0 Å². The monoisotopic (exact) mass is 362 g/mol. The van der Waals surface area contributed by atoms with Crippen molar-refractivity contribution in [2.75, 3.05) is 6.61 Å². The third-order valence-corrected chi connectivity index (χ3v) is 5.23. The number of nitrogens with one attached hydrogen (secondary N) is 1. The summed E-state index contributed by atoms with van der Waals surface area (Å²) in [4.78, 5) is 42.8. The van der Waals surface area contributed by atoms with E-state index in [0.29, 0.717) is 22.5 Å². The van der Waals surface area contributed by atoms with Gasteiger partial charge in [0.1, 0.15) is 5.69 Å². The van der Waals surface area contributed by atoms with Gasteiger partial charge in [0.2, 0.25) is 5.91 Å². The number of aromatic amines is 1. The van der Waals surface area contributed by atoms with Crippen LogP contribution < -0.4 is 0 Å². The van der Waals surface area contributed by atoms with Gasteiger partial charge in [-0.3, -0.25) is 9.59 Å². The van der Waals surface area contributed by atoms with Crippen LogP contribution >= 0.6 is 0 Å². The van der Waals surface area contributed by atoms with Gasteiger partial charge < -0.3 is 14.6 Å². The molecule has 0 aromatic carbocycles. The SMILES string of the molecule is CCOC(=O)c1[nH]c(C)c(C(=O)C(C)N(C(=O)C2CCC2)C(C)C)c1C. The summed E-state index contributed by atoms with van der Waals surface area (Å²) in [6.45, 7) is 11.2. The zero-order chi connectivity index (χ0) is 19.6. The Bertz CT molecular complexity index is 701. The number of aryl methyl sites for hydroxylation is 1. The number of aromatic nitrogens is 1. The molecule has 26 heavy (non-hydrogen) atoms. The molecule has 144 valence electrons. The molecule has 1 heterocycles. The third kappa shape index (κ3) is 3.69. The van der Waals surface area contributed by atoms with Gasteiger partial charge in [-0.15, -0.1) is 0 Å². The lowest BCUT2D eigenvalue weighted by atomic mass is 9.83. The fourth-order valence-electron chi connectivity index (χ4n) is 3.62. The Kier molecular flexibility index (Phi) is 6.26. The van der Waals surface area contributed by atoms with Gasteiger partial charge in [-0.1, -0.05) is 6.42 Å². The molecular weight excluding hydrogens is 332 g/mol. The maximum atomic E-state index is 13.2. The largest absolute Gasteiger partial charge is 0.461 e. The molecule has 1 fully saturated rings. The van der Waals surface area contributed by atoms with Crippen molar-refractivity contribution in [3.8, 4) is 0 Å². The number of amides is 1. The standard InChI is InChI=1S/C20H30N2O4/c1-7-26-20(25)17-12(4)16(13(5)21-17)18(23)14(6)22(11(2)3)19(24)15-9-8-10-15/h11,14-15,21H,7-10H2,1-6H3. The summed E-state index contributed by atoms with van der Waals surface area (Å²) in [7, 11) is 0. The molecule has 0 saturated heterocycles.